The van der Waals surface area contributed by atoms with Crippen LogP contribution in [0.25, 0.3) is 11.3 Å². The third-order valence-corrected chi connectivity index (χ3v) is 8.27. The summed E-state index contributed by atoms with van der Waals surface area (Å²) in [5, 5.41) is 23.2. The van der Waals surface area contributed by atoms with Crippen LogP contribution >= 0.6 is 0 Å². The lowest BCUT2D eigenvalue weighted by molar-refractivity contribution is -0.137. The molecule has 0 radical (unpaired) electrons. The topological polar surface area (TPSA) is 115 Å². The Morgan fingerprint density at radius 2 is 1.95 bits per heavy atom. The van der Waals surface area contributed by atoms with Crippen LogP contribution < -0.4 is 15.0 Å². The van der Waals surface area contributed by atoms with E-state index in [0.717, 1.165) is 12.1 Å². The van der Waals surface area contributed by atoms with E-state index in [1.54, 1.807) is 18.5 Å². The zero-order valence-electron chi connectivity index (χ0n) is 23.9. The van der Waals surface area contributed by atoms with Gasteiger partial charge in [0.15, 0.2) is 0 Å². The van der Waals surface area contributed by atoms with Gasteiger partial charge in [-0.1, -0.05) is 6.07 Å². The molecule has 0 unspecified atom stereocenters. The molecule has 2 N–H and O–H groups in total. The molecule has 9 nitrogen and oxygen atoms in total. The number of nitriles is 1. The maximum Gasteiger partial charge on any atom is 0.416 e. The van der Waals surface area contributed by atoms with Crippen LogP contribution in [0.1, 0.15) is 36.5 Å². The molecule has 0 aliphatic carbocycles. The first-order chi connectivity index (χ1) is 20.6. The molecule has 2 aliphatic heterocycles. The molecule has 0 saturated carbocycles. The van der Waals surface area contributed by atoms with Crippen molar-refractivity contribution < 1.29 is 27.8 Å². The third-order valence-electron chi connectivity index (χ3n) is 8.27. The van der Waals surface area contributed by atoms with Crippen LogP contribution in [0.4, 0.5) is 18.9 Å². The smallest absolute Gasteiger partial charge is 0.416 e. The molecule has 0 spiro atoms. The second-order valence-electron chi connectivity index (χ2n) is 11.0. The van der Waals surface area contributed by atoms with Crippen LogP contribution in [0.15, 0.2) is 54.9 Å². The first kappa shape index (κ1) is 30.3. The summed E-state index contributed by atoms with van der Waals surface area (Å²) in [5.74, 6) is 0.209. The van der Waals surface area contributed by atoms with E-state index in [1.807, 2.05) is 48.0 Å². The van der Waals surface area contributed by atoms with E-state index in [4.69, 9.17) is 4.74 Å². The minimum Gasteiger partial charge on any atom is -0.477 e. The molecule has 1 aromatic carbocycles. The van der Waals surface area contributed by atoms with Crippen LogP contribution in [-0.2, 0) is 16.4 Å². The monoisotopic (exact) mass is 594 g/mol. The predicted octanol–water partition coefficient (Wildman–Crippen LogP) is 3.76. The summed E-state index contributed by atoms with van der Waals surface area (Å²) < 4.78 is 45.5. The number of carbonyl (C=O) groups excluding carboxylic acids is 1. The number of nitrogens with one attached hydrogen (secondary N) is 1. The van der Waals surface area contributed by atoms with Gasteiger partial charge in [0.2, 0.25) is 11.8 Å². The highest BCUT2D eigenvalue weighted by molar-refractivity contribution is 5.89. The van der Waals surface area contributed by atoms with E-state index in [9.17, 15) is 28.3 Å². The number of aliphatic hydroxyl groups is 1. The fourth-order valence-electron chi connectivity index (χ4n) is 5.95. The minimum absolute atomic E-state index is 0.0727. The number of benzene rings is 1. The van der Waals surface area contributed by atoms with Crippen molar-refractivity contribution in [2.75, 3.05) is 44.7 Å². The number of carbonyl (C=O) groups is 1. The quantitative estimate of drug-likeness (QED) is 0.425. The first-order valence-electron chi connectivity index (χ1n) is 14.1. The van der Waals surface area contributed by atoms with Crippen molar-refractivity contribution in [3.63, 3.8) is 0 Å². The standard InChI is InChI=1S/C31H33F3N6O3/c1-3-43-28-23(5-4-12-36-28)24-8-6-22(17-37-24)30(29(42)38-25-18-39(2)19-27(25)41)10-13-40(14-11-30)26-9-7-21(31(32,33)34)15-20(26)16-35/h4-9,12,15,17,25,27,41H,3,10-11,13-14,18-19H2,1-2H3,(H,38,42)/t25-,27-/m1/s1. The number of halogens is 3. The molecule has 43 heavy (non-hydrogen) atoms. The number of aliphatic hydroxyl groups excluding tert-OH is 1. The molecule has 5 rings (SSSR count). The Morgan fingerprint density at radius 1 is 1.19 bits per heavy atom. The molecular formula is C31H33F3N6O3. The molecule has 2 atom stereocenters. The summed E-state index contributed by atoms with van der Waals surface area (Å²) in [5.41, 5.74) is 0.453. The number of rotatable bonds is 7. The number of alkyl halides is 3. The number of nitrogens with zero attached hydrogens (tertiary/aromatic N) is 5. The maximum atomic E-state index is 14.0. The van der Waals surface area contributed by atoms with Gasteiger partial charge in [-0.2, -0.15) is 18.4 Å². The van der Waals surface area contributed by atoms with Gasteiger partial charge in [-0.3, -0.25) is 9.78 Å². The van der Waals surface area contributed by atoms with Crippen LogP contribution in [0.5, 0.6) is 5.88 Å². The highest BCUT2D eigenvalue weighted by Crippen LogP contribution is 2.40. The van der Waals surface area contributed by atoms with E-state index < -0.39 is 29.3 Å². The zero-order chi connectivity index (χ0) is 30.8. The van der Waals surface area contributed by atoms with Gasteiger partial charge in [-0.15, -0.1) is 0 Å². The number of piperidine rings is 1. The van der Waals surface area contributed by atoms with Crippen LogP contribution in [0, 0.1) is 11.3 Å². The maximum absolute atomic E-state index is 14.0. The van der Waals surface area contributed by atoms with Gasteiger partial charge in [-0.05, 0) is 68.8 Å². The molecule has 3 aromatic rings. The van der Waals surface area contributed by atoms with Gasteiger partial charge in [0.05, 0.1) is 52.2 Å². The van der Waals surface area contributed by atoms with E-state index in [-0.39, 0.29) is 11.5 Å². The summed E-state index contributed by atoms with van der Waals surface area (Å²) in [6.45, 7) is 3.90. The average Bonchev–Trinajstić information content (AvgIpc) is 3.32. The van der Waals surface area contributed by atoms with Crippen molar-refractivity contribution in [1.82, 2.24) is 20.2 Å². The van der Waals surface area contributed by atoms with Crippen molar-refractivity contribution in [3.8, 4) is 23.2 Å². The molecule has 12 heteroatoms. The Morgan fingerprint density at radius 3 is 2.56 bits per heavy atom. The molecule has 226 valence electrons. The van der Waals surface area contributed by atoms with Crippen LogP contribution in [-0.4, -0.2) is 77.9 Å². The summed E-state index contributed by atoms with van der Waals surface area (Å²) in [4.78, 5) is 26.8. The SMILES string of the molecule is CCOc1ncccc1-c1ccc(C2(C(=O)N[C@@H]3CN(C)C[C@H]3O)CCN(c3ccc(C(F)(F)F)cc3C#N)CC2)cn1. The van der Waals surface area contributed by atoms with E-state index in [0.29, 0.717) is 74.0 Å². The minimum atomic E-state index is -4.56. The Labute approximate surface area is 247 Å². The molecule has 2 saturated heterocycles. The Bertz CT molecular complexity index is 1500. The van der Waals surface area contributed by atoms with Crippen molar-refractivity contribution in [3.05, 3.63) is 71.5 Å². The van der Waals surface area contributed by atoms with E-state index in [2.05, 4.69) is 15.3 Å². The number of β-amino-alcohol motifs (C(OH)–C–C–N with tert-alkyl or cyclic N) is 1. The van der Waals surface area contributed by atoms with Crippen molar-refractivity contribution in [1.29, 1.82) is 5.26 Å². The number of hydrogen-bond acceptors (Lipinski definition) is 8. The molecule has 0 bridgehead atoms. The molecule has 2 fully saturated rings. The number of ether oxygens (including phenoxy) is 1. The largest absolute Gasteiger partial charge is 0.477 e. The molecule has 4 heterocycles. The molecule has 1 amide bonds. The van der Waals surface area contributed by atoms with Gasteiger partial charge in [0.25, 0.3) is 0 Å². The van der Waals surface area contributed by atoms with E-state index >= 15 is 0 Å². The van der Waals surface area contributed by atoms with Crippen molar-refractivity contribution in [2.24, 2.45) is 0 Å². The van der Waals surface area contributed by atoms with Gasteiger partial charge in [-0.25, -0.2) is 4.98 Å². The number of aromatic nitrogens is 2. The fourth-order valence-corrected chi connectivity index (χ4v) is 5.95. The summed E-state index contributed by atoms with van der Waals surface area (Å²) in [7, 11) is 1.87. The average molecular weight is 595 g/mol. The Balaban J connectivity index is 1.45. The third kappa shape index (κ3) is 6.14. The lowest BCUT2D eigenvalue weighted by atomic mass is 9.72. The van der Waals surface area contributed by atoms with Crippen molar-refractivity contribution >= 4 is 11.6 Å². The van der Waals surface area contributed by atoms with Crippen LogP contribution in [0.3, 0.4) is 0 Å². The first-order valence-corrected chi connectivity index (χ1v) is 14.1. The van der Waals surface area contributed by atoms with Crippen molar-refractivity contribution in [2.45, 2.75) is 43.5 Å². The number of likely N-dealkylation sites (N-methyl/N-ethyl adjacent to an activating group) is 1. The second-order valence-corrected chi connectivity index (χ2v) is 11.0. The van der Waals surface area contributed by atoms with Gasteiger partial charge < -0.3 is 25.0 Å². The summed E-state index contributed by atoms with van der Waals surface area (Å²) >= 11 is 0. The van der Waals surface area contributed by atoms with Gasteiger partial charge in [0, 0.05) is 38.6 Å². The van der Waals surface area contributed by atoms with Gasteiger partial charge in [0.1, 0.15) is 6.07 Å². The Hall–Kier alpha value is -4.21. The highest BCUT2D eigenvalue weighted by Gasteiger charge is 2.45. The number of anilines is 1. The molecule has 2 aromatic heterocycles. The molecule has 2 aliphatic rings. The lowest BCUT2D eigenvalue weighted by Gasteiger charge is -2.42. The number of hydrogen-bond donors (Lipinski definition) is 2. The fraction of sp³-hybridized carbons (Fsp3) is 0.419. The predicted molar refractivity (Wildman–Crippen MR) is 153 cm³/mol. The van der Waals surface area contributed by atoms with Gasteiger partial charge >= 0.3 is 6.18 Å². The van der Waals surface area contributed by atoms with E-state index in [1.165, 1.54) is 6.07 Å². The number of amides is 1. The van der Waals surface area contributed by atoms with Crippen LogP contribution in [0.2, 0.25) is 0 Å². The molecular weight excluding hydrogens is 561 g/mol. The highest BCUT2D eigenvalue weighted by atomic mass is 19.4. The number of likely N-dealkylation sites (tertiary alicyclic amines) is 1. The Kier molecular flexibility index (Phi) is 8.57. The number of pyridine rings is 2. The normalized spacial score (nSPS) is 20.4. The summed E-state index contributed by atoms with van der Waals surface area (Å²) in [6.07, 6.45) is -1.32. The lowest BCUT2D eigenvalue weighted by Crippen LogP contribution is -2.55. The summed E-state index contributed by atoms with van der Waals surface area (Å²) in [6, 6.07) is 11.9. The second kappa shape index (κ2) is 12.2. The zero-order valence-corrected chi connectivity index (χ0v) is 23.9.